The van der Waals surface area contributed by atoms with Crippen molar-refractivity contribution in [2.45, 2.75) is 31.5 Å². The van der Waals surface area contributed by atoms with E-state index in [1.165, 1.54) is 10.9 Å². The van der Waals surface area contributed by atoms with Crippen molar-refractivity contribution in [3.8, 4) is 0 Å². The molecule has 20 heavy (non-hydrogen) atoms. The summed E-state index contributed by atoms with van der Waals surface area (Å²) < 4.78 is 6.75. The predicted molar refractivity (Wildman–Crippen MR) is 67.5 cm³/mol. The van der Waals surface area contributed by atoms with Gasteiger partial charge in [-0.2, -0.15) is 5.10 Å². The second kappa shape index (κ2) is 4.63. The highest BCUT2D eigenvalue weighted by molar-refractivity contribution is 5.85. The molecule has 1 aliphatic rings. The number of anilines is 1. The average molecular weight is 281 g/mol. The number of aliphatic hydroxyl groups excluding tert-OH is 3. The van der Waals surface area contributed by atoms with Crippen molar-refractivity contribution in [2.24, 2.45) is 0 Å². The molecule has 0 bridgehead atoms. The molecular weight excluding hydrogens is 266 g/mol. The summed E-state index contributed by atoms with van der Waals surface area (Å²) in [4.78, 5) is 8.25. The van der Waals surface area contributed by atoms with Gasteiger partial charge in [-0.3, -0.25) is 0 Å². The molecule has 0 aromatic carbocycles. The van der Waals surface area contributed by atoms with Gasteiger partial charge in [-0.1, -0.05) is 0 Å². The van der Waals surface area contributed by atoms with Crippen LogP contribution in [0.15, 0.2) is 6.20 Å². The molecule has 4 atom stereocenters. The Hall–Kier alpha value is -1.81. The van der Waals surface area contributed by atoms with Gasteiger partial charge in [0.2, 0.25) is 0 Å². The van der Waals surface area contributed by atoms with Crippen LogP contribution in [0.2, 0.25) is 0 Å². The summed E-state index contributed by atoms with van der Waals surface area (Å²) in [6.45, 7) is 1.29. The fraction of sp³-hybridized carbons (Fsp3) is 0.545. The fourth-order valence-corrected chi connectivity index (χ4v) is 2.33. The normalized spacial score (nSPS) is 30.2. The van der Waals surface area contributed by atoms with Gasteiger partial charge >= 0.3 is 0 Å². The van der Waals surface area contributed by atoms with E-state index >= 15 is 0 Å². The lowest BCUT2D eigenvalue weighted by atomic mass is 10.1. The highest BCUT2D eigenvalue weighted by Gasteiger charge is 2.44. The molecule has 1 fully saturated rings. The van der Waals surface area contributed by atoms with Crippen molar-refractivity contribution < 1.29 is 20.1 Å². The highest BCUT2D eigenvalue weighted by atomic mass is 16.6. The average Bonchev–Trinajstić information content (AvgIpc) is 2.93. The summed E-state index contributed by atoms with van der Waals surface area (Å²) >= 11 is 0. The zero-order valence-electron chi connectivity index (χ0n) is 10.7. The van der Waals surface area contributed by atoms with Gasteiger partial charge in [0.15, 0.2) is 11.9 Å². The van der Waals surface area contributed by atoms with Crippen LogP contribution in [-0.4, -0.2) is 60.0 Å². The third-order valence-electron chi connectivity index (χ3n) is 3.35. The number of hydrogen-bond donors (Lipinski definition) is 4. The number of nitrogens with two attached hydrogens (primary N) is 1. The van der Waals surface area contributed by atoms with Crippen LogP contribution in [0.5, 0.6) is 0 Å². The van der Waals surface area contributed by atoms with E-state index in [1.54, 1.807) is 6.92 Å². The second-order valence-electron chi connectivity index (χ2n) is 4.71. The highest BCUT2D eigenvalue weighted by Crippen LogP contribution is 2.31. The molecule has 9 heteroatoms. The summed E-state index contributed by atoms with van der Waals surface area (Å²) in [5.74, 6) is 0.744. The first-order valence-electron chi connectivity index (χ1n) is 6.12. The Morgan fingerprint density at radius 3 is 2.75 bits per heavy atom. The Labute approximate surface area is 113 Å². The molecule has 0 unspecified atom stereocenters. The van der Waals surface area contributed by atoms with Crippen LogP contribution >= 0.6 is 0 Å². The number of aromatic nitrogens is 4. The zero-order valence-corrected chi connectivity index (χ0v) is 10.7. The van der Waals surface area contributed by atoms with Crippen LogP contribution in [0.25, 0.3) is 11.0 Å². The van der Waals surface area contributed by atoms with E-state index in [9.17, 15) is 10.2 Å². The van der Waals surface area contributed by atoms with Gasteiger partial charge in [0.05, 0.1) is 18.2 Å². The van der Waals surface area contributed by atoms with Crippen LogP contribution in [0.4, 0.5) is 5.82 Å². The van der Waals surface area contributed by atoms with Gasteiger partial charge in [-0.05, 0) is 6.92 Å². The van der Waals surface area contributed by atoms with E-state index in [0.717, 1.165) is 0 Å². The summed E-state index contributed by atoms with van der Waals surface area (Å²) in [5.41, 5.74) is 6.19. The van der Waals surface area contributed by atoms with Crippen LogP contribution in [0.3, 0.4) is 0 Å². The molecule has 1 aliphatic heterocycles. The summed E-state index contributed by atoms with van der Waals surface area (Å²) in [7, 11) is 0. The molecule has 2 aromatic heterocycles. The van der Waals surface area contributed by atoms with E-state index in [1.807, 2.05) is 0 Å². The van der Waals surface area contributed by atoms with Crippen molar-refractivity contribution in [1.29, 1.82) is 0 Å². The number of fused-ring (bicyclic) bond motifs is 1. The fourth-order valence-electron chi connectivity index (χ4n) is 2.33. The predicted octanol–water partition coefficient (Wildman–Crippen LogP) is -1.67. The van der Waals surface area contributed by atoms with Crippen LogP contribution in [0.1, 0.15) is 12.1 Å². The first-order chi connectivity index (χ1) is 9.52. The Balaban J connectivity index is 2.07. The maximum Gasteiger partial charge on any atom is 0.181 e. The number of hydrogen-bond acceptors (Lipinski definition) is 8. The van der Waals surface area contributed by atoms with Crippen molar-refractivity contribution in [3.63, 3.8) is 0 Å². The minimum absolute atomic E-state index is 0.283. The molecule has 3 rings (SSSR count). The lowest BCUT2D eigenvalue weighted by Crippen LogP contribution is -2.33. The second-order valence-corrected chi connectivity index (χ2v) is 4.71. The molecular formula is C11H15N5O4. The number of ether oxygens (including phenoxy) is 1. The Bertz CT molecular complexity index is 645. The van der Waals surface area contributed by atoms with Gasteiger partial charge in [0.25, 0.3) is 0 Å². The molecule has 1 saturated heterocycles. The largest absolute Gasteiger partial charge is 0.394 e. The number of nitrogen functional groups attached to an aromatic ring is 1. The van der Waals surface area contributed by atoms with Crippen molar-refractivity contribution in [2.75, 3.05) is 12.3 Å². The van der Waals surface area contributed by atoms with E-state index in [0.29, 0.717) is 16.9 Å². The topological polar surface area (TPSA) is 140 Å². The summed E-state index contributed by atoms with van der Waals surface area (Å²) in [6.07, 6.45) is -2.74. The third-order valence-corrected chi connectivity index (χ3v) is 3.35. The molecule has 9 nitrogen and oxygen atoms in total. The monoisotopic (exact) mass is 281 g/mol. The summed E-state index contributed by atoms with van der Waals surface area (Å²) in [5, 5.41) is 33.5. The van der Waals surface area contributed by atoms with Gasteiger partial charge in [0.1, 0.15) is 30.0 Å². The minimum Gasteiger partial charge on any atom is -0.394 e. The van der Waals surface area contributed by atoms with Crippen LogP contribution in [0, 0.1) is 6.92 Å². The molecule has 0 radical (unpaired) electrons. The first kappa shape index (κ1) is 13.2. The van der Waals surface area contributed by atoms with Crippen molar-refractivity contribution in [3.05, 3.63) is 12.0 Å². The number of rotatable bonds is 2. The van der Waals surface area contributed by atoms with Crippen LogP contribution < -0.4 is 5.73 Å². The van der Waals surface area contributed by atoms with Gasteiger partial charge in [-0.15, -0.1) is 0 Å². The molecule has 108 valence electrons. The molecule has 2 aromatic rings. The molecule has 3 heterocycles. The number of nitrogens with zero attached hydrogens (tertiary/aromatic N) is 4. The smallest absolute Gasteiger partial charge is 0.181 e. The van der Waals surface area contributed by atoms with Crippen molar-refractivity contribution >= 4 is 16.9 Å². The van der Waals surface area contributed by atoms with Crippen molar-refractivity contribution in [1.82, 2.24) is 19.7 Å². The number of aliphatic hydroxyl groups is 3. The van der Waals surface area contributed by atoms with E-state index in [-0.39, 0.29) is 5.82 Å². The standard InChI is InChI=1S/C11H15N5O4/c1-4-14-9(12)5-2-13-16(10(5)15-4)11-8(19)7(18)6(3-17)20-11/h2,6-8,11,17-19H,3H2,1H3,(H2,12,14,15)/t6-,7-,8-,11-/m1/s1. The SMILES string of the molecule is Cc1nc(N)c2cnn([C@@H]3O[C@H](CO)[C@@H](O)[C@H]3O)c2n1. The molecule has 0 aliphatic carbocycles. The molecule has 0 spiro atoms. The molecule has 0 saturated carbocycles. The Morgan fingerprint density at radius 2 is 2.10 bits per heavy atom. The first-order valence-corrected chi connectivity index (χ1v) is 6.12. The van der Waals surface area contributed by atoms with E-state index in [4.69, 9.17) is 15.6 Å². The van der Waals surface area contributed by atoms with E-state index in [2.05, 4.69) is 15.1 Å². The minimum atomic E-state index is -1.22. The van der Waals surface area contributed by atoms with Gasteiger partial charge in [-0.25, -0.2) is 14.6 Å². The number of aryl methyl sites for hydroxylation is 1. The molecule has 5 N–H and O–H groups in total. The lowest BCUT2D eigenvalue weighted by molar-refractivity contribution is -0.0566. The van der Waals surface area contributed by atoms with E-state index < -0.39 is 31.1 Å². The zero-order chi connectivity index (χ0) is 14.4. The van der Waals surface area contributed by atoms with Gasteiger partial charge in [0, 0.05) is 0 Å². The maximum absolute atomic E-state index is 10.0. The third kappa shape index (κ3) is 1.83. The molecule has 0 amide bonds. The Kier molecular flexibility index (Phi) is 3.05. The summed E-state index contributed by atoms with van der Waals surface area (Å²) in [6, 6.07) is 0. The van der Waals surface area contributed by atoms with Gasteiger partial charge < -0.3 is 25.8 Å². The lowest BCUT2D eigenvalue weighted by Gasteiger charge is -2.15. The maximum atomic E-state index is 10.0. The Morgan fingerprint density at radius 1 is 1.35 bits per heavy atom. The van der Waals surface area contributed by atoms with Crippen LogP contribution in [-0.2, 0) is 4.74 Å². The quantitative estimate of drug-likeness (QED) is 0.512.